The Labute approximate surface area is 219 Å². The second-order valence-corrected chi connectivity index (χ2v) is 10.0. The zero-order chi connectivity index (χ0) is 26.7. The molecule has 2 aliphatic rings. The number of aliphatic hydroxyl groups excluding tert-OH is 1. The molecule has 5 unspecified atom stereocenters. The van der Waals surface area contributed by atoms with Crippen molar-refractivity contribution >= 4 is 23.8 Å². The Morgan fingerprint density at radius 1 is 1.11 bits per heavy atom. The van der Waals surface area contributed by atoms with E-state index in [9.17, 15) is 14.7 Å². The molecule has 0 aromatic heterocycles. The molecule has 1 aliphatic carbocycles. The molecule has 4 rings (SSSR count). The second-order valence-electron chi connectivity index (χ2n) is 10.0. The fourth-order valence-electron chi connectivity index (χ4n) is 6.03. The van der Waals surface area contributed by atoms with E-state index in [4.69, 9.17) is 14.5 Å². The average molecular weight is 507 g/mol. The zero-order valence-corrected chi connectivity index (χ0v) is 22.4. The Bertz CT molecular complexity index is 1190. The molecule has 7 heteroatoms. The van der Waals surface area contributed by atoms with E-state index in [-0.39, 0.29) is 17.2 Å². The molecule has 1 aliphatic heterocycles. The van der Waals surface area contributed by atoms with Crippen LogP contribution in [0.2, 0.25) is 0 Å². The van der Waals surface area contributed by atoms with Crippen molar-refractivity contribution in [2.24, 2.45) is 16.8 Å². The Morgan fingerprint density at radius 3 is 2.54 bits per heavy atom. The topological polar surface area (TPSA) is 97.2 Å². The minimum atomic E-state index is -0.902. The van der Waals surface area contributed by atoms with E-state index in [0.717, 1.165) is 41.6 Å². The lowest BCUT2D eigenvalue weighted by molar-refractivity contribution is -0.128. The number of carbonyl (C=O) groups is 2. The molecule has 0 bridgehead atoms. The monoisotopic (exact) mass is 506 g/mol. The first kappa shape index (κ1) is 26.9. The van der Waals surface area contributed by atoms with Crippen molar-refractivity contribution in [1.82, 2.24) is 5.32 Å². The van der Waals surface area contributed by atoms with Gasteiger partial charge >= 0.3 is 5.97 Å². The van der Waals surface area contributed by atoms with Gasteiger partial charge in [-0.15, -0.1) is 0 Å². The maximum atomic E-state index is 12.7. The number of amides is 1. The number of aliphatic imine (C=N–C) groups is 1. The first-order valence-corrected chi connectivity index (χ1v) is 13.3. The van der Waals surface area contributed by atoms with Gasteiger partial charge in [0.1, 0.15) is 5.75 Å². The van der Waals surface area contributed by atoms with Crippen LogP contribution in [0.25, 0.3) is 0 Å². The molecule has 0 radical (unpaired) electrons. The molecule has 1 amide bonds. The Hall–Kier alpha value is -3.19. The fourth-order valence-corrected chi connectivity index (χ4v) is 6.03. The molecule has 1 fully saturated rings. The predicted octanol–water partition coefficient (Wildman–Crippen LogP) is 5.24. The van der Waals surface area contributed by atoms with Crippen molar-refractivity contribution in [3.63, 3.8) is 0 Å². The van der Waals surface area contributed by atoms with E-state index in [1.54, 1.807) is 19.2 Å². The van der Waals surface area contributed by atoms with Crippen molar-refractivity contribution in [1.29, 1.82) is 0 Å². The van der Waals surface area contributed by atoms with Crippen molar-refractivity contribution in [2.45, 2.75) is 63.9 Å². The van der Waals surface area contributed by atoms with Crippen molar-refractivity contribution in [3.8, 4) is 5.75 Å². The Balaban J connectivity index is 1.71. The predicted molar refractivity (Wildman–Crippen MR) is 144 cm³/mol. The van der Waals surface area contributed by atoms with Crippen molar-refractivity contribution in [2.75, 3.05) is 20.8 Å². The highest BCUT2D eigenvalue weighted by Gasteiger charge is 2.67. The summed E-state index contributed by atoms with van der Waals surface area (Å²) in [7, 11) is 2.98. The summed E-state index contributed by atoms with van der Waals surface area (Å²) in [5, 5.41) is 14.2. The third-order valence-corrected chi connectivity index (χ3v) is 7.96. The van der Waals surface area contributed by atoms with Gasteiger partial charge in [-0.1, -0.05) is 45.4 Å². The highest BCUT2D eigenvalue weighted by Crippen LogP contribution is 2.70. The molecule has 1 spiro atoms. The van der Waals surface area contributed by atoms with Crippen molar-refractivity contribution < 1.29 is 24.2 Å². The minimum Gasteiger partial charge on any atom is -0.496 e. The molecule has 1 heterocycles. The molecule has 7 nitrogen and oxygen atoms in total. The summed E-state index contributed by atoms with van der Waals surface area (Å²) in [6, 6.07) is 11.4. The number of hydrogen-bond acceptors (Lipinski definition) is 6. The molecule has 37 heavy (non-hydrogen) atoms. The summed E-state index contributed by atoms with van der Waals surface area (Å²) in [5.41, 5.74) is 3.87. The number of carbonyl (C=O) groups excluding carboxylic acids is 2. The highest BCUT2D eigenvalue weighted by atomic mass is 16.5. The third kappa shape index (κ3) is 4.65. The molecule has 2 aromatic carbocycles. The van der Waals surface area contributed by atoms with Crippen LogP contribution in [0.5, 0.6) is 5.75 Å². The van der Waals surface area contributed by atoms with Crippen LogP contribution in [0.15, 0.2) is 41.4 Å². The van der Waals surface area contributed by atoms with Gasteiger partial charge < -0.3 is 19.9 Å². The molecule has 5 atom stereocenters. The van der Waals surface area contributed by atoms with E-state index >= 15 is 0 Å². The summed E-state index contributed by atoms with van der Waals surface area (Å²) in [5.74, 6) is 0.0500. The standard InChI is InChI=1S/C30H38N2O5/c1-6-9-22-26(21-12-10-19(29(35)37-5)16-25(21)36-4)30(22)17-32-24-13-11-18(15-23(24)30)27(33)20(8-3)28(34)31-14-7-2/h10-13,15-17,20,22,26-27,33H,6-9,14H2,1-5H3,(H,31,34). The van der Waals surface area contributed by atoms with Gasteiger partial charge in [-0.3, -0.25) is 9.79 Å². The average Bonchev–Trinajstić information content (AvgIpc) is 3.39. The van der Waals surface area contributed by atoms with E-state index in [1.165, 1.54) is 7.11 Å². The van der Waals surface area contributed by atoms with Crippen LogP contribution in [0.3, 0.4) is 0 Å². The van der Waals surface area contributed by atoms with E-state index in [0.29, 0.717) is 30.2 Å². The third-order valence-electron chi connectivity index (χ3n) is 7.96. The van der Waals surface area contributed by atoms with Gasteiger partial charge in [-0.2, -0.15) is 0 Å². The van der Waals surface area contributed by atoms with Crippen LogP contribution in [0, 0.1) is 11.8 Å². The maximum Gasteiger partial charge on any atom is 0.337 e. The first-order chi connectivity index (χ1) is 17.9. The highest BCUT2D eigenvalue weighted by molar-refractivity contribution is 5.93. The minimum absolute atomic E-state index is 0.119. The normalized spacial score (nSPS) is 22.9. The van der Waals surface area contributed by atoms with Gasteiger partial charge in [0.15, 0.2) is 0 Å². The summed E-state index contributed by atoms with van der Waals surface area (Å²) < 4.78 is 10.6. The van der Waals surface area contributed by atoms with Crippen LogP contribution in [0.1, 0.15) is 85.5 Å². The summed E-state index contributed by atoms with van der Waals surface area (Å²) in [4.78, 5) is 29.6. The molecule has 1 saturated carbocycles. The van der Waals surface area contributed by atoms with Crippen LogP contribution in [-0.4, -0.2) is 44.0 Å². The van der Waals surface area contributed by atoms with Gasteiger partial charge in [0.2, 0.25) is 5.91 Å². The number of nitrogens with zero attached hydrogens (tertiary/aromatic N) is 1. The molecule has 2 N–H and O–H groups in total. The quantitative estimate of drug-likeness (QED) is 0.407. The first-order valence-electron chi connectivity index (χ1n) is 13.3. The second kappa shape index (κ2) is 11.1. The van der Waals surface area contributed by atoms with Gasteiger partial charge in [-0.05, 0) is 60.1 Å². The van der Waals surface area contributed by atoms with E-state index < -0.39 is 18.0 Å². The number of ether oxygens (including phenoxy) is 2. The Morgan fingerprint density at radius 2 is 1.89 bits per heavy atom. The van der Waals surface area contributed by atoms with Crippen LogP contribution < -0.4 is 10.1 Å². The lowest BCUT2D eigenvalue weighted by Crippen LogP contribution is -2.34. The number of methoxy groups -OCH3 is 2. The summed E-state index contributed by atoms with van der Waals surface area (Å²) >= 11 is 0. The molecular formula is C30H38N2O5. The lowest BCUT2D eigenvalue weighted by Gasteiger charge is -2.22. The molecule has 198 valence electrons. The maximum absolute atomic E-state index is 12.7. The lowest BCUT2D eigenvalue weighted by atomic mass is 9.86. The van der Waals surface area contributed by atoms with Gasteiger partial charge in [-0.25, -0.2) is 4.79 Å². The SMILES string of the molecule is CCCNC(=O)C(CC)C(O)c1ccc2c(c1)C1(C=N2)C(CCC)C1c1ccc(C(=O)OC)cc1OC. The number of fused-ring (bicyclic) bond motifs is 2. The number of aliphatic hydroxyl groups is 1. The number of hydrogen-bond donors (Lipinski definition) is 2. The van der Waals surface area contributed by atoms with Crippen LogP contribution in [-0.2, 0) is 14.9 Å². The Kier molecular flexibility index (Phi) is 8.02. The fraction of sp³-hybridized carbons (Fsp3) is 0.500. The van der Waals surface area contributed by atoms with Gasteiger partial charge in [0, 0.05) is 24.1 Å². The van der Waals surface area contributed by atoms with Gasteiger partial charge in [0.05, 0.1) is 37.5 Å². The smallest absolute Gasteiger partial charge is 0.337 e. The van der Waals surface area contributed by atoms with E-state index in [2.05, 4.69) is 18.5 Å². The number of rotatable bonds is 11. The number of esters is 1. The van der Waals surface area contributed by atoms with Crippen LogP contribution in [0.4, 0.5) is 5.69 Å². The number of benzene rings is 2. The molecule has 2 aromatic rings. The zero-order valence-electron chi connectivity index (χ0n) is 22.4. The van der Waals surface area contributed by atoms with Gasteiger partial charge in [0.25, 0.3) is 0 Å². The number of nitrogens with one attached hydrogen (secondary N) is 1. The van der Waals surface area contributed by atoms with E-state index in [1.807, 2.05) is 38.1 Å². The van der Waals surface area contributed by atoms with Crippen LogP contribution >= 0.6 is 0 Å². The summed E-state index contributed by atoms with van der Waals surface area (Å²) in [6.45, 7) is 6.71. The summed E-state index contributed by atoms with van der Waals surface area (Å²) in [6.07, 6.45) is 4.56. The molecule has 0 saturated heterocycles. The largest absolute Gasteiger partial charge is 0.496 e. The molecular weight excluding hydrogens is 468 g/mol. The van der Waals surface area contributed by atoms with Crippen molar-refractivity contribution in [3.05, 3.63) is 58.7 Å².